The van der Waals surface area contributed by atoms with Gasteiger partial charge in [-0.05, 0) is 30.2 Å². The van der Waals surface area contributed by atoms with E-state index < -0.39 is 9.84 Å². The van der Waals surface area contributed by atoms with Crippen molar-refractivity contribution >= 4 is 33.0 Å². The molecular formula is C10H14Cl2N2O2S. The van der Waals surface area contributed by atoms with Crippen LogP contribution in [-0.2, 0) is 9.84 Å². The van der Waals surface area contributed by atoms with Crippen molar-refractivity contribution in [1.29, 1.82) is 0 Å². The molecule has 0 spiro atoms. The molecule has 0 aliphatic heterocycles. The Kier molecular flexibility index (Phi) is 5.22. The van der Waals surface area contributed by atoms with Crippen LogP contribution in [0.5, 0.6) is 0 Å². The lowest BCUT2D eigenvalue weighted by Gasteiger charge is -2.17. The monoisotopic (exact) mass is 296 g/mol. The van der Waals surface area contributed by atoms with Crippen LogP contribution < -0.4 is 11.3 Å². The van der Waals surface area contributed by atoms with Gasteiger partial charge in [0.05, 0.1) is 5.75 Å². The van der Waals surface area contributed by atoms with Crippen molar-refractivity contribution in [3.63, 3.8) is 0 Å². The van der Waals surface area contributed by atoms with Gasteiger partial charge in [-0.1, -0.05) is 23.2 Å². The molecule has 4 nitrogen and oxygen atoms in total. The number of benzene rings is 1. The molecule has 17 heavy (non-hydrogen) atoms. The molecule has 0 aliphatic carbocycles. The Morgan fingerprint density at radius 3 is 2.59 bits per heavy atom. The molecule has 0 bridgehead atoms. The molecule has 0 saturated heterocycles. The van der Waals surface area contributed by atoms with Crippen molar-refractivity contribution in [2.45, 2.75) is 12.5 Å². The fourth-order valence-corrected chi connectivity index (χ4v) is 2.54. The number of nitrogens with two attached hydrogens (primary N) is 1. The lowest BCUT2D eigenvalue weighted by molar-refractivity contribution is 0.531. The number of sulfone groups is 1. The quantitative estimate of drug-likeness (QED) is 0.643. The Morgan fingerprint density at radius 1 is 1.41 bits per heavy atom. The summed E-state index contributed by atoms with van der Waals surface area (Å²) in [6.45, 7) is 0. The topological polar surface area (TPSA) is 72.2 Å². The Balaban J connectivity index is 2.90. The molecule has 0 fully saturated rings. The molecule has 7 heteroatoms. The number of hydrogen-bond donors (Lipinski definition) is 2. The highest BCUT2D eigenvalue weighted by molar-refractivity contribution is 7.90. The minimum absolute atomic E-state index is 0.0324. The van der Waals surface area contributed by atoms with E-state index in [1.165, 1.54) is 6.26 Å². The van der Waals surface area contributed by atoms with Crippen LogP contribution >= 0.6 is 23.2 Å². The number of nitrogens with one attached hydrogen (secondary N) is 1. The number of hydrazine groups is 1. The van der Waals surface area contributed by atoms with Crippen molar-refractivity contribution in [2.24, 2.45) is 5.84 Å². The molecule has 0 amide bonds. The molecule has 3 N–H and O–H groups in total. The number of halogens is 2. The van der Waals surface area contributed by atoms with Gasteiger partial charge in [-0.3, -0.25) is 11.3 Å². The van der Waals surface area contributed by atoms with E-state index in [2.05, 4.69) is 5.43 Å². The lowest BCUT2D eigenvalue weighted by Crippen LogP contribution is -2.29. The average molecular weight is 297 g/mol. The second-order valence-electron chi connectivity index (χ2n) is 3.80. The van der Waals surface area contributed by atoms with Gasteiger partial charge in [0.2, 0.25) is 0 Å². The van der Waals surface area contributed by atoms with E-state index in [1.807, 2.05) is 0 Å². The van der Waals surface area contributed by atoms with E-state index in [1.54, 1.807) is 18.2 Å². The van der Waals surface area contributed by atoms with Crippen molar-refractivity contribution in [2.75, 3.05) is 12.0 Å². The summed E-state index contributed by atoms with van der Waals surface area (Å²) in [5.74, 6) is 5.44. The molecule has 1 atom stereocenters. The summed E-state index contributed by atoms with van der Waals surface area (Å²) in [4.78, 5) is 0. The Labute approximate surface area is 111 Å². The fourth-order valence-electron chi connectivity index (χ4n) is 1.44. The highest BCUT2D eigenvalue weighted by Gasteiger charge is 2.16. The van der Waals surface area contributed by atoms with E-state index >= 15 is 0 Å². The molecule has 0 aromatic heterocycles. The highest BCUT2D eigenvalue weighted by atomic mass is 35.5. The highest BCUT2D eigenvalue weighted by Crippen LogP contribution is 2.28. The van der Waals surface area contributed by atoms with Crippen LogP contribution in [0.3, 0.4) is 0 Å². The predicted molar refractivity (Wildman–Crippen MR) is 70.9 cm³/mol. The second-order valence-corrected chi connectivity index (χ2v) is 6.91. The molecule has 1 unspecified atom stereocenters. The molecule has 96 valence electrons. The third-order valence-corrected chi connectivity index (χ3v) is 3.87. The smallest absolute Gasteiger partial charge is 0.147 e. The average Bonchev–Trinajstić information content (AvgIpc) is 2.22. The summed E-state index contributed by atoms with van der Waals surface area (Å²) < 4.78 is 22.2. The van der Waals surface area contributed by atoms with Gasteiger partial charge in [0, 0.05) is 22.3 Å². The van der Waals surface area contributed by atoms with Crippen molar-refractivity contribution < 1.29 is 8.42 Å². The minimum Gasteiger partial charge on any atom is -0.271 e. The van der Waals surface area contributed by atoms with Gasteiger partial charge in [-0.15, -0.1) is 0 Å². The van der Waals surface area contributed by atoms with Crippen molar-refractivity contribution in [3.8, 4) is 0 Å². The number of hydrogen-bond acceptors (Lipinski definition) is 4. The summed E-state index contributed by atoms with van der Waals surface area (Å²) in [5.41, 5.74) is 3.25. The maximum absolute atomic E-state index is 11.1. The molecule has 0 saturated carbocycles. The summed E-state index contributed by atoms with van der Waals surface area (Å²) in [6, 6.07) is 4.66. The van der Waals surface area contributed by atoms with Crippen LogP contribution in [-0.4, -0.2) is 20.4 Å². The van der Waals surface area contributed by atoms with Gasteiger partial charge in [0.15, 0.2) is 0 Å². The number of rotatable bonds is 5. The van der Waals surface area contributed by atoms with Crippen molar-refractivity contribution in [3.05, 3.63) is 33.8 Å². The van der Waals surface area contributed by atoms with Gasteiger partial charge in [-0.25, -0.2) is 8.42 Å². The summed E-state index contributed by atoms with van der Waals surface area (Å²) in [7, 11) is -3.03. The first-order valence-corrected chi connectivity index (χ1v) is 7.74. The third-order valence-electron chi connectivity index (χ3n) is 2.31. The van der Waals surface area contributed by atoms with E-state index in [0.717, 1.165) is 0 Å². The van der Waals surface area contributed by atoms with Crippen LogP contribution in [0, 0.1) is 0 Å². The van der Waals surface area contributed by atoms with E-state index in [4.69, 9.17) is 29.0 Å². The molecule has 1 rings (SSSR count). The zero-order valence-electron chi connectivity index (χ0n) is 9.28. The zero-order valence-corrected chi connectivity index (χ0v) is 11.6. The van der Waals surface area contributed by atoms with Crippen molar-refractivity contribution in [1.82, 2.24) is 5.43 Å². The summed E-state index contributed by atoms with van der Waals surface area (Å²) in [5, 5.41) is 1.04. The molecule has 1 aromatic carbocycles. The summed E-state index contributed by atoms with van der Waals surface area (Å²) in [6.07, 6.45) is 1.52. The fraction of sp³-hybridized carbons (Fsp3) is 0.400. The molecule has 1 aromatic rings. The first-order valence-electron chi connectivity index (χ1n) is 4.92. The first-order chi connectivity index (χ1) is 7.83. The van der Waals surface area contributed by atoms with Gasteiger partial charge in [0.25, 0.3) is 0 Å². The molecular weight excluding hydrogens is 283 g/mol. The van der Waals surface area contributed by atoms with Crippen LogP contribution in [0.1, 0.15) is 18.0 Å². The maximum Gasteiger partial charge on any atom is 0.147 e. The van der Waals surface area contributed by atoms with Crippen LogP contribution in [0.25, 0.3) is 0 Å². The normalized spacial score (nSPS) is 13.6. The predicted octanol–water partition coefficient (Wildman–Crippen LogP) is 1.93. The largest absolute Gasteiger partial charge is 0.271 e. The molecule has 0 heterocycles. The zero-order chi connectivity index (χ0) is 13.1. The molecule has 0 aliphatic rings. The summed E-state index contributed by atoms with van der Waals surface area (Å²) >= 11 is 11.9. The van der Waals surface area contributed by atoms with E-state index in [9.17, 15) is 8.42 Å². The van der Waals surface area contributed by atoms with E-state index in [-0.39, 0.29) is 11.8 Å². The standard InChI is InChI=1S/C10H14Cl2N2O2S/c1-17(15,16)5-4-10(14-13)8-6-7(11)2-3-9(8)12/h2-3,6,10,14H,4-5,13H2,1H3. The maximum atomic E-state index is 11.1. The Hall–Kier alpha value is -0.330. The van der Waals surface area contributed by atoms with Gasteiger partial charge in [0.1, 0.15) is 9.84 Å². The second kappa shape index (κ2) is 6.02. The van der Waals surface area contributed by atoms with E-state index in [0.29, 0.717) is 22.0 Å². The first kappa shape index (κ1) is 14.7. The van der Waals surface area contributed by atoms with Crippen LogP contribution in [0.4, 0.5) is 0 Å². The Morgan fingerprint density at radius 2 is 2.06 bits per heavy atom. The molecule has 0 radical (unpaired) electrons. The lowest BCUT2D eigenvalue weighted by atomic mass is 10.1. The Bertz CT molecular complexity index is 491. The third kappa shape index (κ3) is 4.81. The van der Waals surface area contributed by atoms with Gasteiger partial charge in [-0.2, -0.15) is 0 Å². The minimum atomic E-state index is -3.03. The van der Waals surface area contributed by atoms with Crippen LogP contribution in [0.2, 0.25) is 10.0 Å². The SMILES string of the molecule is CS(=O)(=O)CCC(NN)c1cc(Cl)ccc1Cl. The van der Waals surface area contributed by atoms with Crippen LogP contribution in [0.15, 0.2) is 18.2 Å². The van der Waals surface area contributed by atoms with Gasteiger partial charge < -0.3 is 0 Å². The van der Waals surface area contributed by atoms with Gasteiger partial charge >= 0.3 is 0 Å².